The molecular formula is C18H16FN3O3. The van der Waals surface area contributed by atoms with Crippen molar-refractivity contribution in [1.82, 2.24) is 4.98 Å². The lowest BCUT2D eigenvalue weighted by Crippen LogP contribution is -2.07. The number of carbonyl (C=O) groups is 1. The van der Waals surface area contributed by atoms with E-state index < -0.39 is 11.7 Å². The van der Waals surface area contributed by atoms with Gasteiger partial charge in [0, 0.05) is 5.39 Å². The highest BCUT2D eigenvalue weighted by Crippen LogP contribution is 2.37. The van der Waals surface area contributed by atoms with Crippen molar-refractivity contribution in [2.75, 3.05) is 6.61 Å². The second-order valence-corrected chi connectivity index (χ2v) is 5.66. The van der Waals surface area contributed by atoms with Crippen LogP contribution in [0.3, 0.4) is 0 Å². The van der Waals surface area contributed by atoms with Crippen molar-refractivity contribution in [3.05, 3.63) is 53.3 Å². The maximum Gasteiger partial charge on any atom is 0.302 e. The van der Waals surface area contributed by atoms with Gasteiger partial charge in [0.25, 0.3) is 0 Å². The molecule has 2 aromatic carbocycles. The Hall–Kier alpha value is -3.22. The van der Waals surface area contributed by atoms with Gasteiger partial charge in [-0.05, 0) is 49.7 Å². The molecule has 0 bridgehead atoms. The van der Waals surface area contributed by atoms with Crippen LogP contribution in [0.25, 0.3) is 10.9 Å². The standard InChI is InChI=1S/C18H16FN3O3/c1-10-7-11(2)16-14(8-10)17(18(24)20-16)22-21-15(23)9-25-13-5-3-12(19)4-6-13/h3-8,20,24H,9H2,1-2H3. The smallest absolute Gasteiger partial charge is 0.302 e. The number of nitrogens with one attached hydrogen (secondary N) is 1. The highest BCUT2D eigenvalue weighted by atomic mass is 19.1. The Morgan fingerprint density at radius 1 is 1.24 bits per heavy atom. The van der Waals surface area contributed by atoms with Crippen LogP contribution in [0.4, 0.5) is 10.1 Å². The number of carbonyl (C=O) groups excluding carboxylic acids is 1. The van der Waals surface area contributed by atoms with Gasteiger partial charge in [0.05, 0.1) is 5.52 Å². The summed E-state index contributed by atoms with van der Waals surface area (Å²) in [7, 11) is 0. The number of hydrogen-bond donors (Lipinski definition) is 2. The molecule has 1 heterocycles. The second-order valence-electron chi connectivity index (χ2n) is 5.66. The molecule has 0 saturated carbocycles. The van der Waals surface area contributed by atoms with Crippen molar-refractivity contribution in [1.29, 1.82) is 0 Å². The minimum Gasteiger partial charge on any atom is -0.493 e. The third-order valence-corrected chi connectivity index (χ3v) is 3.64. The monoisotopic (exact) mass is 341 g/mol. The Labute approximate surface area is 143 Å². The summed E-state index contributed by atoms with van der Waals surface area (Å²) in [6.07, 6.45) is 0. The van der Waals surface area contributed by atoms with Gasteiger partial charge < -0.3 is 14.8 Å². The SMILES string of the molecule is Cc1cc(C)c2[nH]c(O)c(N=NC(=O)COc3ccc(F)cc3)c2c1. The fourth-order valence-corrected chi connectivity index (χ4v) is 2.54. The zero-order valence-electron chi connectivity index (χ0n) is 13.7. The quantitative estimate of drug-likeness (QED) is 0.693. The van der Waals surface area contributed by atoms with Crippen LogP contribution in [0.5, 0.6) is 11.6 Å². The van der Waals surface area contributed by atoms with Crippen molar-refractivity contribution in [3.63, 3.8) is 0 Å². The Morgan fingerprint density at radius 2 is 1.96 bits per heavy atom. The molecule has 0 aliphatic carbocycles. The van der Waals surface area contributed by atoms with E-state index in [0.29, 0.717) is 11.1 Å². The Morgan fingerprint density at radius 3 is 2.68 bits per heavy atom. The first kappa shape index (κ1) is 16.6. The van der Waals surface area contributed by atoms with Crippen molar-refractivity contribution >= 4 is 22.5 Å². The van der Waals surface area contributed by atoms with Crippen LogP contribution in [-0.4, -0.2) is 22.6 Å². The number of nitrogens with zero attached hydrogens (tertiary/aromatic N) is 2. The number of benzene rings is 2. The van der Waals surface area contributed by atoms with Gasteiger partial charge in [0.1, 0.15) is 11.6 Å². The third kappa shape index (κ3) is 3.65. The largest absolute Gasteiger partial charge is 0.493 e. The van der Waals surface area contributed by atoms with E-state index in [4.69, 9.17) is 4.74 Å². The van der Waals surface area contributed by atoms with E-state index in [2.05, 4.69) is 15.2 Å². The maximum atomic E-state index is 12.8. The molecule has 128 valence electrons. The van der Waals surface area contributed by atoms with Crippen LogP contribution in [0.1, 0.15) is 11.1 Å². The highest BCUT2D eigenvalue weighted by molar-refractivity contribution is 5.96. The Kier molecular flexibility index (Phi) is 4.47. The minimum absolute atomic E-state index is 0.153. The van der Waals surface area contributed by atoms with Crippen molar-refractivity contribution in [2.45, 2.75) is 13.8 Å². The van der Waals surface area contributed by atoms with Crippen molar-refractivity contribution < 1.29 is 19.0 Å². The summed E-state index contributed by atoms with van der Waals surface area (Å²) >= 11 is 0. The molecule has 3 aromatic rings. The number of rotatable bonds is 4. The highest BCUT2D eigenvalue weighted by Gasteiger charge is 2.13. The molecule has 1 amide bonds. The van der Waals surface area contributed by atoms with E-state index in [1.165, 1.54) is 24.3 Å². The second kappa shape index (κ2) is 6.72. The van der Waals surface area contributed by atoms with E-state index in [0.717, 1.165) is 16.6 Å². The van der Waals surface area contributed by atoms with Gasteiger partial charge in [0.15, 0.2) is 12.3 Å². The van der Waals surface area contributed by atoms with Gasteiger partial charge in [-0.15, -0.1) is 10.2 Å². The minimum atomic E-state index is -0.623. The number of H-pyrrole nitrogens is 1. The number of amides is 1. The van der Waals surface area contributed by atoms with Crippen LogP contribution in [0.15, 0.2) is 46.6 Å². The number of fused-ring (bicyclic) bond motifs is 1. The number of aryl methyl sites for hydroxylation is 2. The maximum absolute atomic E-state index is 12.8. The van der Waals surface area contributed by atoms with Crippen LogP contribution in [-0.2, 0) is 4.79 Å². The lowest BCUT2D eigenvalue weighted by atomic mass is 10.1. The Bertz CT molecular complexity index is 962. The summed E-state index contributed by atoms with van der Waals surface area (Å²) in [5.41, 5.74) is 2.91. The van der Waals surface area contributed by atoms with Gasteiger partial charge >= 0.3 is 5.91 Å². The number of azo groups is 1. The molecule has 0 unspecified atom stereocenters. The first-order valence-corrected chi connectivity index (χ1v) is 7.59. The molecule has 0 radical (unpaired) electrons. The molecule has 0 atom stereocenters. The number of aromatic nitrogens is 1. The van der Waals surface area contributed by atoms with E-state index >= 15 is 0 Å². The topological polar surface area (TPSA) is 87.0 Å². The fourth-order valence-electron chi connectivity index (χ4n) is 2.54. The van der Waals surface area contributed by atoms with Gasteiger partial charge in [-0.2, -0.15) is 0 Å². The van der Waals surface area contributed by atoms with Crippen LogP contribution in [0, 0.1) is 19.7 Å². The first-order valence-electron chi connectivity index (χ1n) is 7.59. The number of aromatic hydroxyl groups is 1. The number of aromatic amines is 1. The van der Waals surface area contributed by atoms with Gasteiger partial charge in [0.2, 0.25) is 5.88 Å². The average molecular weight is 341 g/mol. The zero-order chi connectivity index (χ0) is 18.0. The summed E-state index contributed by atoms with van der Waals surface area (Å²) in [5, 5.41) is 18.1. The molecule has 2 N–H and O–H groups in total. The molecule has 0 aliphatic rings. The lowest BCUT2D eigenvalue weighted by molar-refractivity contribution is -0.120. The summed E-state index contributed by atoms with van der Waals surface area (Å²) in [6.45, 7) is 3.50. The van der Waals surface area contributed by atoms with Crippen molar-refractivity contribution in [2.24, 2.45) is 10.2 Å². The molecule has 3 rings (SSSR count). The van der Waals surface area contributed by atoms with Crippen LogP contribution in [0.2, 0.25) is 0 Å². The fraction of sp³-hybridized carbons (Fsp3) is 0.167. The summed E-state index contributed by atoms with van der Waals surface area (Å²) in [5.74, 6) is -0.813. The molecule has 0 aliphatic heterocycles. The van der Waals surface area contributed by atoms with Gasteiger partial charge in [-0.25, -0.2) is 4.39 Å². The van der Waals surface area contributed by atoms with Gasteiger partial charge in [-0.3, -0.25) is 4.79 Å². The molecule has 0 fully saturated rings. The van der Waals surface area contributed by atoms with Crippen molar-refractivity contribution in [3.8, 4) is 11.6 Å². The summed E-state index contributed by atoms with van der Waals surface area (Å²) < 4.78 is 18.0. The van der Waals surface area contributed by atoms with E-state index in [-0.39, 0.29) is 18.2 Å². The number of halogens is 1. The predicted molar refractivity (Wildman–Crippen MR) is 90.9 cm³/mol. The van der Waals surface area contributed by atoms with E-state index in [1.54, 1.807) is 0 Å². The average Bonchev–Trinajstić information content (AvgIpc) is 2.88. The molecule has 0 spiro atoms. The summed E-state index contributed by atoms with van der Waals surface area (Å²) in [4.78, 5) is 14.6. The van der Waals surface area contributed by atoms with Gasteiger partial charge in [-0.1, -0.05) is 11.6 Å². The molecule has 0 saturated heterocycles. The zero-order valence-corrected chi connectivity index (χ0v) is 13.7. The molecule has 25 heavy (non-hydrogen) atoms. The lowest BCUT2D eigenvalue weighted by Gasteiger charge is -2.02. The summed E-state index contributed by atoms with van der Waals surface area (Å²) in [6, 6.07) is 9.12. The normalized spacial score (nSPS) is 11.3. The number of ether oxygens (including phenoxy) is 1. The van der Waals surface area contributed by atoms with Crippen LogP contribution >= 0.6 is 0 Å². The first-order chi connectivity index (χ1) is 11.9. The third-order valence-electron chi connectivity index (χ3n) is 3.64. The van der Waals surface area contributed by atoms with Crippen LogP contribution < -0.4 is 4.74 Å². The molecule has 6 nitrogen and oxygen atoms in total. The predicted octanol–water partition coefficient (Wildman–Crippen LogP) is 4.32. The molecular weight excluding hydrogens is 325 g/mol. The molecule has 7 heteroatoms. The molecule has 1 aromatic heterocycles. The number of hydrogen-bond acceptors (Lipinski definition) is 4. The van der Waals surface area contributed by atoms with E-state index in [9.17, 15) is 14.3 Å². The Balaban J connectivity index is 1.75. The van der Waals surface area contributed by atoms with E-state index in [1.807, 2.05) is 26.0 Å².